The fourth-order valence-corrected chi connectivity index (χ4v) is 7.56. The van der Waals surface area contributed by atoms with E-state index < -0.39 is 0 Å². The SMILES string of the molecule is CC1(C)CCCN(CCC(=O)Oc2ccc3c(c2)CCC2C3CCC3(C)C(=O)CCC23)C1. The third kappa shape index (κ3) is 4.04. The molecule has 32 heavy (non-hydrogen) atoms. The maximum atomic E-state index is 12.5. The predicted octanol–water partition coefficient (Wildman–Crippen LogP) is 5.53. The van der Waals surface area contributed by atoms with Gasteiger partial charge in [0, 0.05) is 24.9 Å². The van der Waals surface area contributed by atoms with E-state index in [2.05, 4.69) is 37.8 Å². The topological polar surface area (TPSA) is 46.6 Å². The van der Waals surface area contributed by atoms with Gasteiger partial charge in [-0.25, -0.2) is 0 Å². The molecule has 1 aliphatic heterocycles. The average Bonchev–Trinajstić information content (AvgIpc) is 3.06. The van der Waals surface area contributed by atoms with Crippen LogP contribution in [0.5, 0.6) is 5.75 Å². The fraction of sp³-hybridized carbons (Fsp3) is 0.714. The smallest absolute Gasteiger partial charge is 0.312 e. The molecule has 4 heteroatoms. The van der Waals surface area contributed by atoms with E-state index in [1.54, 1.807) is 0 Å². The molecule has 1 heterocycles. The molecule has 3 fully saturated rings. The van der Waals surface area contributed by atoms with Gasteiger partial charge >= 0.3 is 5.97 Å². The monoisotopic (exact) mass is 437 g/mol. The van der Waals surface area contributed by atoms with E-state index in [0.29, 0.717) is 41.1 Å². The maximum Gasteiger partial charge on any atom is 0.312 e. The molecule has 1 aromatic rings. The number of hydrogen-bond donors (Lipinski definition) is 0. The quantitative estimate of drug-likeness (QED) is 0.459. The Kier molecular flexibility index (Phi) is 5.72. The first-order valence-corrected chi connectivity index (χ1v) is 12.8. The number of Topliss-reactive ketones (excluding diaryl/α,β-unsaturated/α-hetero) is 1. The number of esters is 1. The highest BCUT2D eigenvalue weighted by molar-refractivity contribution is 5.87. The summed E-state index contributed by atoms with van der Waals surface area (Å²) in [7, 11) is 0. The number of aryl methyl sites for hydroxylation is 1. The molecule has 0 spiro atoms. The molecule has 4 aliphatic rings. The summed E-state index contributed by atoms with van der Waals surface area (Å²) >= 11 is 0. The summed E-state index contributed by atoms with van der Waals surface area (Å²) in [6.07, 6.45) is 9.12. The summed E-state index contributed by atoms with van der Waals surface area (Å²) in [5.74, 6) is 2.83. The minimum atomic E-state index is -0.125. The van der Waals surface area contributed by atoms with Crippen LogP contribution in [0.4, 0.5) is 0 Å². The Morgan fingerprint density at radius 1 is 1.12 bits per heavy atom. The van der Waals surface area contributed by atoms with Crippen molar-refractivity contribution < 1.29 is 14.3 Å². The van der Waals surface area contributed by atoms with Gasteiger partial charge in [0.1, 0.15) is 11.5 Å². The van der Waals surface area contributed by atoms with Crippen molar-refractivity contribution in [2.24, 2.45) is 22.7 Å². The number of benzene rings is 1. The lowest BCUT2D eigenvalue weighted by Crippen LogP contribution is -2.42. The van der Waals surface area contributed by atoms with Gasteiger partial charge in [0.05, 0.1) is 6.42 Å². The lowest BCUT2D eigenvalue weighted by Gasteiger charge is -2.48. The molecule has 0 bridgehead atoms. The van der Waals surface area contributed by atoms with Crippen LogP contribution in [0.3, 0.4) is 0 Å². The van der Waals surface area contributed by atoms with Crippen LogP contribution in [0.1, 0.15) is 89.2 Å². The zero-order valence-electron chi connectivity index (χ0n) is 20.1. The molecule has 174 valence electrons. The van der Waals surface area contributed by atoms with Gasteiger partial charge in [0.2, 0.25) is 0 Å². The van der Waals surface area contributed by atoms with Crippen molar-refractivity contribution in [2.75, 3.05) is 19.6 Å². The Balaban J connectivity index is 1.21. The second-order valence-electron chi connectivity index (χ2n) is 12.0. The van der Waals surface area contributed by atoms with Crippen LogP contribution in [-0.2, 0) is 16.0 Å². The number of carbonyl (C=O) groups is 2. The van der Waals surface area contributed by atoms with E-state index in [1.165, 1.54) is 24.0 Å². The highest BCUT2D eigenvalue weighted by atomic mass is 16.5. The highest BCUT2D eigenvalue weighted by Gasteiger charge is 2.54. The minimum Gasteiger partial charge on any atom is -0.426 e. The molecule has 1 saturated heterocycles. The molecule has 0 aromatic heterocycles. The summed E-state index contributed by atoms with van der Waals surface area (Å²) < 4.78 is 5.75. The normalized spacial score (nSPS) is 33.8. The Bertz CT molecular complexity index is 906. The first-order chi connectivity index (χ1) is 15.2. The molecule has 5 rings (SSSR count). The molecule has 3 aliphatic carbocycles. The Labute approximate surface area is 193 Å². The van der Waals surface area contributed by atoms with E-state index in [1.807, 2.05) is 6.07 Å². The molecule has 4 unspecified atom stereocenters. The number of likely N-dealkylation sites (tertiary alicyclic amines) is 1. The second-order valence-corrected chi connectivity index (χ2v) is 12.0. The van der Waals surface area contributed by atoms with Crippen LogP contribution >= 0.6 is 0 Å². The van der Waals surface area contributed by atoms with Crippen molar-refractivity contribution in [3.05, 3.63) is 29.3 Å². The fourth-order valence-electron chi connectivity index (χ4n) is 7.56. The number of fused-ring (bicyclic) bond motifs is 5. The zero-order chi connectivity index (χ0) is 22.5. The van der Waals surface area contributed by atoms with Gasteiger partial charge in [-0.2, -0.15) is 0 Å². The number of nitrogens with zero attached hydrogens (tertiary/aromatic N) is 1. The van der Waals surface area contributed by atoms with Gasteiger partial charge < -0.3 is 9.64 Å². The van der Waals surface area contributed by atoms with Crippen molar-refractivity contribution in [1.82, 2.24) is 4.90 Å². The van der Waals surface area contributed by atoms with Crippen molar-refractivity contribution in [1.29, 1.82) is 0 Å². The van der Waals surface area contributed by atoms with E-state index in [9.17, 15) is 9.59 Å². The molecular weight excluding hydrogens is 398 g/mol. The van der Waals surface area contributed by atoms with Crippen LogP contribution < -0.4 is 4.74 Å². The summed E-state index contributed by atoms with van der Waals surface area (Å²) in [4.78, 5) is 27.5. The van der Waals surface area contributed by atoms with Crippen LogP contribution in [-0.4, -0.2) is 36.3 Å². The number of carbonyl (C=O) groups excluding carboxylic acids is 2. The van der Waals surface area contributed by atoms with E-state index >= 15 is 0 Å². The Morgan fingerprint density at radius 3 is 2.78 bits per heavy atom. The molecule has 0 amide bonds. The van der Waals surface area contributed by atoms with Gasteiger partial charge in [0.15, 0.2) is 0 Å². The van der Waals surface area contributed by atoms with E-state index in [-0.39, 0.29) is 11.4 Å². The molecule has 4 nitrogen and oxygen atoms in total. The van der Waals surface area contributed by atoms with Crippen molar-refractivity contribution in [3.63, 3.8) is 0 Å². The molecule has 0 N–H and O–H groups in total. The van der Waals surface area contributed by atoms with E-state index in [4.69, 9.17) is 4.74 Å². The van der Waals surface area contributed by atoms with Gasteiger partial charge in [-0.3, -0.25) is 9.59 Å². The number of ketones is 1. The average molecular weight is 438 g/mol. The summed E-state index contributed by atoms with van der Waals surface area (Å²) in [6, 6.07) is 6.32. The molecular formula is C28H39NO3. The first-order valence-electron chi connectivity index (χ1n) is 12.8. The van der Waals surface area contributed by atoms with Crippen molar-refractivity contribution >= 4 is 11.8 Å². The number of ether oxygens (including phenoxy) is 1. The molecule has 1 aromatic carbocycles. The number of piperidine rings is 1. The minimum absolute atomic E-state index is 0.0717. The first kappa shape index (κ1) is 22.1. The van der Waals surface area contributed by atoms with Gasteiger partial charge in [-0.05, 0) is 97.9 Å². The highest BCUT2D eigenvalue weighted by Crippen LogP contribution is 2.59. The molecule has 4 atom stereocenters. The standard InChI is InChI=1S/C28H39NO3/c1-27(2)13-4-15-29(18-27)16-12-26(31)32-20-6-8-21-19(17-20)5-7-23-22(21)11-14-28(3)24(23)9-10-25(28)30/h6,8,17,22-24H,4-5,7,9-16,18H2,1-3H3. The third-order valence-corrected chi connectivity index (χ3v) is 9.25. The van der Waals surface area contributed by atoms with Gasteiger partial charge in [0.25, 0.3) is 0 Å². The molecule has 2 saturated carbocycles. The van der Waals surface area contributed by atoms with Crippen molar-refractivity contribution in [2.45, 2.75) is 84.5 Å². The van der Waals surface area contributed by atoms with Gasteiger partial charge in [-0.15, -0.1) is 0 Å². The maximum absolute atomic E-state index is 12.5. The zero-order valence-corrected chi connectivity index (χ0v) is 20.1. The number of hydrogen-bond acceptors (Lipinski definition) is 4. The summed E-state index contributed by atoms with van der Waals surface area (Å²) in [5, 5.41) is 0. The lowest BCUT2D eigenvalue weighted by molar-refractivity contribution is -0.135. The predicted molar refractivity (Wildman–Crippen MR) is 126 cm³/mol. The second kappa shape index (κ2) is 8.27. The third-order valence-electron chi connectivity index (χ3n) is 9.25. The van der Waals surface area contributed by atoms with Gasteiger partial charge in [-0.1, -0.05) is 26.8 Å². The van der Waals surface area contributed by atoms with Crippen LogP contribution in [0.15, 0.2) is 18.2 Å². The summed E-state index contributed by atoms with van der Waals surface area (Å²) in [6.45, 7) is 9.79. The summed E-state index contributed by atoms with van der Waals surface area (Å²) in [5.41, 5.74) is 3.07. The van der Waals surface area contributed by atoms with Crippen LogP contribution in [0.2, 0.25) is 0 Å². The Hall–Kier alpha value is -1.68. The largest absolute Gasteiger partial charge is 0.426 e. The number of rotatable bonds is 4. The Morgan fingerprint density at radius 2 is 1.97 bits per heavy atom. The van der Waals surface area contributed by atoms with Crippen molar-refractivity contribution in [3.8, 4) is 5.75 Å². The van der Waals surface area contributed by atoms with E-state index in [0.717, 1.165) is 58.2 Å². The van der Waals surface area contributed by atoms with Crippen LogP contribution in [0.25, 0.3) is 0 Å². The lowest BCUT2D eigenvalue weighted by atomic mass is 9.55. The van der Waals surface area contributed by atoms with Crippen LogP contribution in [0, 0.1) is 22.7 Å². The molecule has 0 radical (unpaired) electrons.